The first-order valence-corrected chi connectivity index (χ1v) is 10.9. The Bertz CT molecular complexity index is 1530. The minimum Gasteiger partial charge on any atom is -0.449 e. The summed E-state index contributed by atoms with van der Waals surface area (Å²) in [7, 11) is 0. The number of hydrogen-bond donors (Lipinski definition) is 1. The summed E-state index contributed by atoms with van der Waals surface area (Å²) in [5.74, 6) is -0.764. The van der Waals surface area contributed by atoms with Gasteiger partial charge in [0, 0.05) is 0 Å². The second-order valence-corrected chi connectivity index (χ2v) is 8.30. The van der Waals surface area contributed by atoms with Gasteiger partial charge >= 0.3 is 24.1 Å². The van der Waals surface area contributed by atoms with E-state index in [0.717, 1.165) is 22.9 Å². The van der Waals surface area contributed by atoms with Crippen LogP contribution < -0.4 is 20.9 Å². The molecule has 0 atom stereocenters. The van der Waals surface area contributed by atoms with Crippen LogP contribution in [0.4, 0.5) is 28.4 Å². The normalized spacial score (nSPS) is 13.5. The number of halogens is 4. The number of alkyl halides is 3. The molecule has 1 amide bonds. The summed E-state index contributed by atoms with van der Waals surface area (Å²) >= 11 is 5.93. The zero-order valence-corrected chi connectivity index (χ0v) is 19.7. The van der Waals surface area contributed by atoms with Gasteiger partial charge in [-0.25, -0.2) is 14.4 Å². The van der Waals surface area contributed by atoms with Gasteiger partial charge in [0.1, 0.15) is 6.61 Å². The molecule has 37 heavy (non-hydrogen) atoms. The highest BCUT2D eigenvalue weighted by molar-refractivity contribution is 6.32. The molecular formula is C23H17ClF3N3O7. The highest BCUT2D eigenvalue weighted by Crippen LogP contribution is 2.36. The monoisotopic (exact) mass is 539 g/mol. The SMILES string of the molecule is Cc1cc(-n2cc(OC(=O)O)c(=O)n(Cc3cccc(C(F)(F)F)c3Cl)c2=O)ccc1N1CCOC1=O. The van der Waals surface area contributed by atoms with Crippen molar-refractivity contribution in [2.24, 2.45) is 0 Å². The van der Waals surface area contributed by atoms with Crippen LogP contribution in [-0.4, -0.2) is 39.6 Å². The lowest BCUT2D eigenvalue weighted by Gasteiger charge is -2.18. The lowest BCUT2D eigenvalue weighted by Crippen LogP contribution is -2.40. The summed E-state index contributed by atoms with van der Waals surface area (Å²) in [5, 5.41) is 8.33. The Morgan fingerprint density at radius 2 is 1.92 bits per heavy atom. The number of amides is 1. The Kier molecular flexibility index (Phi) is 6.74. The first kappa shape index (κ1) is 25.8. The number of carboxylic acid groups (broad SMARTS) is 1. The fraction of sp³-hybridized carbons (Fsp3) is 0.217. The predicted molar refractivity (Wildman–Crippen MR) is 124 cm³/mol. The van der Waals surface area contributed by atoms with Crippen molar-refractivity contribution >= 4 is 29.5 Å². The number of carbonyl (C=O) groups excluding carboxylic acids is 1. The third kappa shape index (κ3) is 5.03. The molecule has 1 N–H and O–H groups in total. The van der Waals surface area contributed by atoms with Crippen LogP contribution in [0.3, 0.4) is 0 Å². The largest absolute Gasteiger partial charge is 0.511 e. The van der Waals surface area contributed by atoms with E-state index in [2.05, 4.69) is 4.74 Å². The summed E-state index contributed by atoms with van der Waals surface area (Å²) in [5.41, 5.74) is -2.33. The predicted octanol–water partition coefficient (Wildman–Crippen LogP) is 4.04. The molecule has 0 radical (unpaired) electrons. The van der Waals surface area contributed by atoms with Crippen molar-refractivity contribution in [3.8, 4) is 11.4 Å². The molecule has 0 aliphatic carbocycles. The van der Waals surface area contributed by atoms with Crippen molar-refractivity contribution in [3.05, 3.63) is 85.1 Å². The van der Waals surface area contributed by atoms with Crippen molar-refractivity contribution in [2.45, 2.75) is 19.6 Å². The first-order valence-electron chi connectivity index (χ1n) is 10.6. The van der Waals surface area contributed by atoms with Crippen molar-refractivity contribution in [3.63, 3.8) is 0 Å². The maximum Gasteiger partial charge on any atom is 0.511 e. The Hall–Kier alpha value is -4.26. The zero-order valence-electron chi connectivity index (χ0n) is 18.9. The van der Waals surface area contributed by atoms with Crippen LogP contribution in [0.25, 0.3) is 5.69 Å². The van der Waals surface area contributed by atoms with Gasteiger partial charge in [0.15, 0.2) is 0 Å². The number of rotatable bonds is 5. The first-order chi connectivity index (χ1) is 17.4. The fourth-order valence-corrected chi connectivity index (χ4v) is 4.15. The van der Waals surface area contributed by atoms with Crippen LogP contribution in [0.5, 0.6) is 5.75 Å². The molecule has 0 spiro atoms. The minimum atomic E-state index is -4.78. The molecular weight excluding hydrogens is 523 g/mol. The van der Waals surface area contributed by atoms with E-state index < -0.39 is 52.6 Å². The van der Waals surface area contributed by atoms with Gasteiger partial charge in [-0.05, 0) is 42.3 Å². The van der Waals surface area contributed by atoms with E-state index in [-0.39, 0.29) is 17.9 Å². The van der Waals surface area contributed by atoms with Crippen LogP contribution in [0.1, 0.15) is 16.7 Å². The van der Waals surface area contributed by atoms with Gasteiger partial charge in [0.25, 0.3) is 5.56 Å². The number of anilines is 1. The second kappa shape index (κ2) is 9.65. The molecule has 194 valence electrons. The Balaban J connectivity index is 1.85. The summed E-state index contributed by atoms with van der Waals surface area (Å²) in [4.78, 5) is 50.6. The van der Waals surface area contributed by atoms with E-state index in [0.29, 0.717) is 22.4 Å². The topological polar surface area (TPSA) is 120 Å². The van der Waals surface area contributed by atoms with Crippen molar-refractivity contribution in [1.29, 1.82) is 0 Å². The Labute approximate surface area is 210 Å². The van der Waals surface area contributed by atoms with E-state index in [4.69, 9.17) is 21.4 Å². The van der Waals surface area contributed by atoms with Crippen LogP contribution in [-0.2, 0) is 17.5 Å². The molecule has 3 aromatic rings. The van der Waals surface area contributed by atoms with Gasteiger partial charge in [-0.3, -0.25) is 18.8 Å². The van der Waals surface area contributed by atoms with Gasteiger partial charge in [-0.1, -0.05) is 23.7 Å². The van der Waals surface area contributed by atoms with E-state index in [1.54, 1.807) is 6.92 Å². The molecule has 4 rings (SSSR count). The summed E-state index contributed by atoms with van der Waals surface area (Å²) in [6.45, 7) is 1.48. The molecule has 1 saturated heterocycles. The van der Waals surface area contributed by atoms with Gasteiger partial charge in [-0.15, -0.1) is 0 Å². The third-order valence-electron chi connectivity index (χ3n) is 5.56. The molecule has 0 saturated carbocycles. The summed E-state index contributed by atoms with van der Waals surface area (Å²) in [6, 6.07) is 7.48. The Morgan fingerprint density at radius 3 is 2.51 bits per heavy atom. The zero-order chi connectivity index (χ0) is 27.1. The lowest BCUT2D eigenvalue weighted by atomic mass is 10.1. The number of ether oxygens (including phenoxy) is 2. The molecule has 1 aromatic heterocycles. The maximum absolute atomic E-state index is 13.3. The quantitative estimate of drug-likeness (QED) is 0.486. The number of aromatic nitrogens is 2. The average Bonchev–Trinajstić information content (AvgIpc) is 3.24. The number of cyclic esters (lactones) is 1. The van der Waals surface area contributed by atoms with Crippen LogP contribution in [0.15, 0.2) is 52.2 Å². The third-order valence-corrected chi connectivity index (χ3v) is 6.01. The van der Waals surface area contributed by atoms with Crippen molar-refractivity contribution < 1.29 is 37.3 Å². The molecule has 1 fully saturated rings. The molecule has 0 unspecified atom stereocenters. The van der Waals surface area contributed by atoms with Crippen LogP contribution in [0.2, 0.25) is 5.02 Å². The number of benzene rings is 2. The van der Waals surface area contributed by atoms with E-state index >= 15 is 0 Å². The molecule has 2 heterocycles. The number of carbonyl (C=O) groups is 2. The molecule has 14 heteroatoms. The lowest BCUT2D eigenvalue weighted by molar-refractivity contribution is -0.137. The van der Waals surface area contributed by atoms with E-state index in [1.165, 1.54) is 29.2 Å². The minimum absolute atomic E-state index is 0.165. The molecule has 0 bridgehead atoms. The number of hydrogen-bond acceptors (Lipinski definition) is 6. The average molecular weight is 540 g/mol. The second-order valence-electron chi connectivity index (χ2n) is 7.92. The maximum atomic E-state index is 13.3. The fourth-order valence-electron chi connectivity index (χ4n) is 3.86. The summed E-state index contributed by atoms with van der Waals surface area (Å²) in [6.07, 6.45) is -6.31. The highest BCUT2D eigenvalue weighted by Gasteiger charge is 2.34. The van der Waals surface area contributed by atoms with Crippen molar-refractivity contribution in [1.82, 2.24) is 9.13 Å². The van der Waals surface area contributed by atoms with Crippen LogP contribution in [0, 0.1) is 6.92 Å². The molecule has 10 nitrogen and oxygen atoms in total. The molecule has 1 aliphatic heterocycles. The summed E-state index contributed by atoms with van der Waals surface area (Å²) < 4.78 is 50.8. The highest BCUT2D eigenvalue weighted by atomic mass is 35.5. The standard InChI is InChI=1S/C23H17ClF3N3O7/c1-12-9-14(5-6-16(12)28-7-8-36-21(28)33)29-11-17(37-22(34)35)19(31)30(20(29)32)10-13-3-2-4-15(18(13)24)23(25,26)27/h2-6,9,11H,7-8,10H2,1H3,(H,34,35). The van der Waals surface area contributed by atoms with Gasteiger partial charge < -0.3 is 14.6 Å². The number of aryl methyl sites for hydroxylation is 1. The number of nitrogens with zero attached hydrogens (tertiary/aromatic N) is 3. The molecule has 2 aromatic carbocycles. The van der Waals surface area contributed by atoms with E-state index in [1.807, 2.05) is 0 Å². The smallest absolute Gasteiger partial charge is 0.449 e. The molecule has 1 aliphatic rings. The Morgan fingerprint density at radius 1 is 1.19 bits per heavy atom. The van der Waals surface area contributed by atoms with Gasteiger partial charge in [0.2, 0.25) is 5.75 Å². The van der Waals surface area contributed by atoms with Gasteiger partial charge in [-0.2, -0.15) is 13.2 Å². The van der Waals surface area contributed by atoms with Crippen LogP contribution >= 0.6 is 11.6 Å². The van der Waals surface area contributed by atoms with Gasteiger partial charge in [0.05, 0.1) is 41.2 Å². The van der Waals surface area contributed by atoms with Crippen molar-refractivity contribution in [2.75, 3.05) is 18.1 Å². The van der Waals surface area contributed by atoms with E-state index in [9.17, 15) is 32.3 Å².